The highest BCUT2D eigenvalue weighted by Gasteiger charge is 2.34. The molecule has 0 atom stereocenters. The summed E-state index contributed by atoms with van der Waals surface area (Å²) in [6.07, 6.45) is 3.07. The summed E-state index contributed by atoms with van der Waals surface area (Å²) in [5.41, 5.74) is 1.45. The highest BCUT2D eigenvalue weighted by molar-refractivity contribution is 14.0. The molecule has 0 bridgehead atoms. The Kier molecular flexibility index (Phi) is 10.4. The molecule has 5 nitrogen and oxygen atoms in total. The molecule has 1 saturated heterocycles. The van der Waals surface area contributed by atoms with Crippen LogP contribution in [0.15, 0.2) is 35.3 Å². The molecule has 2 rings (SSSR count). The molecule has 1 aromatic rings. The fraction of sp³-hybridized carbons (Fsp3) is 0.632. The molecule has 1 aliphatic heterocycles. The molecule has 1 heterocycles. The van der Waals surface area contributed by atoms with Crippen molar-refractivity contribution in [2.75, 3.05) is 46.9 Å². The number of guanidine groups is 1. The Labute approximate surface area is 169 Å². The van der Waals surface area contributed by atoms with E-state index in [9.17, 15) is 0 Å². The largest absolute Gasteiger partial charge is 0.381 e. The number of aliphatic imine (C=N–C) groups is 1. The molecule has 0 unspecified atom stereocenters. The Morgan fingerprint density at radius 2 is 1.84 bits per heavy atom. The number of likely N-dealkylation sites (N-methyl/N-ethyl adjacent to an activating group) is 1. The summed E-state index contributed by atoms with van der Waals surface area (Å²) in [5, 5.41) is 6.81. The van der Waals surface area contributed by atoms with Gasteiger partial charge in [-0.3, -0.25) is 4.99 Å². The third kappa shape index (κ3) is 7.11. The van der Waals surface area contributed by atoms with Crippen LogP contribution in [0, 0.1) is 0 Å². The minimum Gasteiger partial charge on any atom is -0.381 e. The molecule has 2 N–H and O–H groups in total. The Morgan fingerprint density at radius 3 is 2.44 bits per heavy atom. The van der Waals surface area contributed by atoms with E-state index in [4.69, 9.17) is 9.73 Å². The van der Waals surface area contributed by atoms with Gasteiger partial charge in [0.15, 0.2) is 5.96 Å². The summed E-state index contributed by atoms with van der Waals surface area (Å²) in [5.74, 6) is 0.904. The minimum absolute atomic E-state index is 0. The second-order valence-electron chi connectivity index (χ2n) is 6.59. The maximum absolute atomic E-state index is 5.54. The first kappa shape index (κ1) is 22.2. The van der Waals surface area contributed by atoms with Crippen molar-refractivity contribution in [3.8, 4) is 0 Å². The first-order valence-corrected chi connectivity index (χ1v) is 8.97. The summed E-state index contributed by atoms with van der Waals surface area (Å²) in [6, 6.07) is 10.5. The van der Waals surface area contributed by atoms with Crippen molar-refractivity contribution in [1.29, 1.82) is 0 Å². The molecule has 0 saturated carbocycles. The lowest BCUT2D eigenvalue weighted by Gasteiger charge is -2.41. The highest BCUT2D eigenvalue weighted by atomic mass is 127. The maximum atomic E-state index is 5.54. The number of ether oxygens (including phenoxy) is 1. The summed E-state index contributed by atoms with van der Waals surface area (Å²) in [7, 11) is 4.30. The molecule has 1 fully saturated rings. The maximum Gasteiger partial charge on any atom is 0.191 e. The molecule has 1 aliphatic rings. The average Bonchev–Trinajstić information content (AvgIpc) is 2.61. The van der Waals surface area contributed by atoms with E-state index in [2.05, 4.69) is 66.9 Å². The van der Waals surface area contributed by atoms with E-state index in [0.717, 1.165) is 58.1 Å². The lowest BCUT2D eigenvalue weighted by atomic mass is 9.89. The summed E-state index contributed by atoms with van der Waals surface area (Å²) >= 11 is 0. The van der Waals surface area contributed by atoms with Gasteiger partial charge in [-0.2, -0.15) is 0 Å². The first-order valence-electron chi connectivity index (χ1n) is 8.97. The predicted octanol–water partition coefficient (Wildman–Crippen LogP) is 2.51. The quantitative estimate of drug-likeness (QED) is 0.373. The van der Waals surface area contributed by atoms with Gasteiger partial charge in [-0.25, -0.2) is 0 Å². The normalized spacial score (nSPS) is 17.0. The van der Waals surface area contributed by atoms with Crippen molar-refractivity contribution < 1.29 is 4.74 Å². The van der Waals surface area contributed by atoms with Gasteiger partial charge >= 0.3 is 0 Å². The number of halogens is 1. The van der Waals surface area contributed by atoms with Gasteiger partial charge in [-0.15, -0.1) is 24.0 Å². The van der Waals surface area contributed by atoms with E-state index in [1.165, 1.54) is 5.56 Å². The standard InChI is InChI=1S/C19H32N4O.HI/c1-4-20-18(21-13-10-17-8-6-5-7-9-17)22-16-19(23(2)3)11-14-24-15-12-19;/h5-9H,4,10-16H2,1-3H3,(H2,20,21,22);1H. The van der Waals surface area contributed by atoms with Crippen LogP contribution in [0.2, 0.25) is 0 Å². The number of hydrogen-bond donors (Lipinski definition) is 2. The van der Waals surface area contributed by atoms with Crippen LogP contribution in [0.5, 0.6) is 0 Å². The zero-order valence-corrected chi connectivity index (χ0v) is 18.1. The summed E-state index contributed by atoms with van der Waals surface area (Å²) < 4.78 is 5.54. The van der Waals surface area contributed by atoms with Crippen LogP contribution in [-0.4, -0.2) is 63.3 Å². The zero-order valence-electron chi connectivity index (χ0n) is 15.8. The molecule has 1 aromatic carbocycles. The van der Waals surface area contributed by atoms with Gasteiger partial charge < -0.3 is 20.3 Å². The molecular weight excluding hydrogens is 427 g/mol. The average molecular weight is 460 g/mol. The third-order valence-corrected chi connectivity index (χ3v) is 4.80. The fourth-order valence-electron chi connectivity index (χ4n) is 3.04. The fourth-order valence-corrected chi connectivity index (χ4v) is 3.04. The first-order chi connectivity index (χ1) is 11.7. The van der Waals surface area contributed by atoms with Gasteiger partial charge in [0.25, 0.3) is 0 Å². The van der Waals surface area contributed by atoms with Gasteiger partial charge in [0.2, 0.25) is 0 Å². The Balaban J connectivity index is 0.00000312. The van der Waals surface area contributed by atoms with Crippen molar-refractivity contribution in [3.63, 3.8) is 0 Å². The van der Waals surface area contributed by atoms with Crippen molar-refractivity contribution in [3.05, 3.63) is 35.9 Å². The zero-order chi connectivity index (χ0) is 17.3. The number of hydrogen-bond acceptors (Lipinski definition) is 3. The van der Waals surface area contributed by atoms with Crippen LogP contribution in [0.25, 0.3) is 0 Å². The van der Waals surface area contributed by atoms with Gasteiger partial charge in [0.1, 0.15) is 0 Å². The molecule has 25 heavy (non-hydrogen) atoms. The van der Waals surface area contributed by atoms with Crippen molar-refractivity contribution in [2.45, 2.75) is 31.7 Å². The van der Waals surface area contributed by atoms with E-state index in [0.29, 0.717) is 0 Å². The monoisotopic (exact) mass is 460 g/mol. The van der Waals surface area contributed by atoms with Crippen LogP contribution in [0.1, 0.15) is 25.3 Å². The molecule has 0 spiro atoms. The van der Waals surface area contributed by atoms with Crippen LogP contribution in [0.4, 0.5) is 0 Å². The second-order valence-corrected chi connectivity index (χ2v) is 6.59. The Hall–Kier alpha value is -0.860. The Morgan fingerprint density at radius 1 is 1.16 bits per heavy atom. The van der Waals surface area contributed by atoms with E-state index in [1.54, 1.807) is 0 Å². The molecule has 0 amide bonds. The van der Waals surface area contributed by atoms with Crippen LogP contribution in [-0.2, 0) is 11.2 Å². The Bertz CT molecular complexity index is 501. The molecule has 0 aromatic heterocycles. The van der Waals surface area contributed by atoms with E-state index in [-0.39, 0.29) is 29.5 Å². The van der Waals surface area contributed by atoms with Gasteiger partial charge in [-0.1, -0.05) is 30.3 Å². The summed E-state index contributed by atoms with van der Waals surface area (Å²) in [4.78, 5) is 7.17. The lowest BCUT2D eigenvalue weighted by Crippen LogP contribution is -2.51. The number of rotatable bonds is 7. The highest BCUT2D eigenvalue weighted by Crippen LogP contribution is 2.26. The molecule has 6 heteroatoms. The van der Waals surface area contributed by atoms with Gasteiger partial charge in [0.05, 0.1) is 6.54 Å². The molecule has 142 valence electrons. The van der Waals surface area contributed by atoms with Crippen LogP contribution >= 0.6 is 24.0 Å². The third-order valence-electron chi connectivity index (χ3n) is 4.80. The number of nitrogens with zero attached hydrogens (tertiary/aromatic N) is 2. The van der Waals surface area contributed by atoms with E-state index < -0.39 is 0 Å². The molecule has 0 radical (unpaired) electrons. The minimum atomic E-state index is 0. The summed E-state index contributed by atoms with van der Waals surface area (Å²) in [6.45, 7) is 6.30. The van der Waals surface area contributed by atoms with Gasteiger partial charge in [0, 0.05) is 31.8 Å². The van der Waals surface area contributed by atoms with Gasteiger partial charge in [-0.05, 0) is 45.8 Å². The number of benzene rings is 1. The SMILES string of the molecule is CCNC(=NCC1(N(C)C)CCOCC1)NCCc1ccccc1.I. The molecule has 0 aliphatic carbocycles. The van der Waals surface area contributed by atoms with Crippen molar-refractivity contribution in [1.82, 2.24) is 15.5 Å². The topological polar surface area (TPSA) is 48.9 Å². The number of nitrogens with one attached hydrogen (secondary N) is 2. The van der Waals surface area contributed by atoms with Crippen molar-refractivity contribution in [2.24, 2.45) is 4.99 Å². The smallest absolute Gasteiger partial charge is 0.191 e. The van der Waals surface area contributed by atoms with Crippen LogP contribution < -0.4 is 10.6 Å². The lowest BCUT2D eigenvalue weighted by molar-refractivity contribution is -0.00254. The van der Waals surface area contributed by atoms with Crippen LogP contribution in [0.3, 0.4) is 0 Å². The predicted molar refractivity (Wildman–Crippen MR) is 116 cm³/mol. The van der Waals surface area contributed by atoms with E-state index in [1.807, 2.05) is 0 Å². The van der Waals surface area contributed by atoms with E-state index >= 15 is 0 Å². The van der Waals surface area contributed by atoms with Crippen molar-refractivity contribution >= 4 is 29.9 Å². The molecular formula is C19H33IN4O. The second kappa shape index (κ2) is 11.7.